The van der Waals surface area contributed by atoms with Gasteiger partial charge in [-0.25, -0.2) is 4.98 Å². The summed E-state index contributed by atoms with van der Waals surface area (Å²) in [6.45, 7) is 0. The second-order valence-corrected chi connectivity index (χ2v) is 12.5. The van der Waals surface area contributed by atoms with Crippen LogP contribution in [0.1, 0.15) is 0 Å². The molecule has 0 aliphatic carbocycles. The number of hydrogen-bond acceptors (Lipinski definition) is 3. The molecule has 10 rings (SSSR count). The normalized spacial score (nSPS) is 12.1. The number of thiophene rings is 1. The molecule has 0 aliphatic heterocycles. The van der Waals surface area contributed by atoms with Gasteiger partial charge in [0.1, 0.15) is 0 Å². The SMILES string of the molecule is c1ccc2c(c1)cnc1cc(-c3ccc(-c4cc5c(sc6ccc7ccccc7c65)c5nc6ccccc6n45)cc3)ccc12. The van der Waals surface area contributed by atoms with E-state index in [1.807, 2.05) is 17.5 Å². The first-order chi connectivity index (χ1) is 21.8. The van der Waals surface area contributed by atoms with Crippen LogP contribution in [0.4, 0.5) is 0 Å². The Hall–Kier alpha value is -5.58. The van der Waals surface area contributed by atoms with Crippen molar-refractivity contribution in [2.75, 3.05) is 0 Å². The molecular formula is C40H23N3S. The van der Waals surface area contributed by atoms with Crippen molar-refractivity contribution in [3.63, 3.8) is 0 Å². The molecule has 204 valence electrons. The van der Waals surface area contributed by atoms with Gasteiger partial charge < -0.3 is 0 Å². The summed E-state index contributed by atoms with van der Waals surface area (Å²) < 4.78 is 4.86. The minimum Gasteiger partial charge on any atom is -0.291 e. The van der Waals surface area contributed by atoms with Crippen LogP contribution >= 0.6 is 11.3 Å². The summed E-state index contributed by atoms with van der Waals surface area (Å²) >= 11 is 1.84. The Bertz CT molecular complexity index is 2770. The van der Waals surface area contributed by atoms with Crippen molar-refractivity contribution in [3.8, 4) is 22.4 Å². The van der Waals surface area contributed by atoms with Crippen molar-refractivity contribution >= 4 is 80.6 Å². The van der Waals surface area contributed by atoms with Gasteiger partial charge in [-0.3, -0.25) is 9.38 Å². The Labute approximate surface area is 256 Å². The van der Waals surface area contributed by atoms with Crippen molar-refractivity contribution in [2.24, 2.45) is 0 Å². The zero-order chi connectivity index (χ0) is 28.8. The fraction of sp³-hybridized carbons (Fsp3) is 0. The third-order valence-corrected chi connectivity index (χ3v) is 10.2. The maximum Gasteiger partial charge on any atom is 0.156 e. The molecule has 10 aromatic rings. The van der Waals surface area contributed by atoms with Crippen molar-refractivity contribution in [2.45, 2.75) is 0 Å². The summed E-state index contributed by atoms with van der Waals surface area (Å²) in [4.78, 5) is 9.97. The lowest BCUT2D eigenvalue weighted by Crippen LogP contribution is -1.93. The largest absolute Gasteiger partial charge is 0.291 e. The van der Waals surface area contributed by atoms with E-state index in [0.29, 0.717) is 0 Å². The molecule has 4 heteroatoms. The number of para-hydroxylation sites is 2. The Morgan fingerprint density at radius 3 is 2.18 bits per heavy atom. The summed E-state index contributed by atoms with van der Waals surface area (Å²) in [6, 6.07) is 48.0. The van der Waals surface area contributed by atoms with Gasteiger partial charge in [-0.05, 0) is 63.2 Å². The summed E-state index contributed by atoms with van der Waals surface area (Å²) in [5.74, 6) is 0. The van der Waals surface area contributed by atoms with E-state index < -0.39 is 0 Å². The monoisotopic (exact) mass is 577 g/mol. The maximum absolute atomic E-state index is 5.19. The van der Waals surface area contributed by atoms with Crippen LogP contribution in [0.2, 0.25) is 0 Å². The molecule has 6 aromatic carbocycles. The van der Waals surface area contributed by atoms with Crippen LogP contribution < -0.4 is 0 Å². The zero-order valence-electron chi connectivity index (χ0n) is 23.5. The van der Waals surface area contributed by atoms with Crippen molar-refractivity contribution in [3.05, 3.63) is 140 Å². The second kappa shape index (κ2) is 8.96. The highest BCUT2D eigenvalue weighted by molar-refractivity contribution is 7.26. The van der Waals surface area contributed by atoms with Gasteiger partial charge in [0.25, 0.3) is 0 Å². The first kappa shape index (κ1) is 23.9. The van der Waals surface area contributed by atoms with Crippen molar-refractivity contribution in [1.29, 1.82) is 0 Å². The molecule has 0 radical (unpaired) electrons. The first-order valence-corrected chi connectivity index (χ1v) is 15.6. The Balaban J connectivity index is 1.19. The molecule has 0 N–H and O–H groups in total. The molecule has 0 amide bonds. The summed E-state index contributed by atoms with van der Waals surface area (Å²) in [5.41, 5.74) is 8.80. The number of rotatable bonds is 2. The average Bonchev–Trinajstić information content (AvgIpc) is 3.67. The quantitative estimate of drug-likeness (QED) is 0.191. The number of imidazole rings is 1. The van der Waals surface area contributed by atoms with Gasteiger partial charge in [-0.2, -0.15) is 0 Å². The molecule has 0 saturated carbocycles. The van der Waals surface area contributed by atoms with E-state index in [1.54, 1.807) is 0 Å². The smallest absolute Gasteiger partial charge is 0.156 e. The van der Waals surface area contributed by atoms with E-state index >= 15 is 0 Å². The van der Waals surface area contributed by atoms with E-state index in [0.717, 1.165) is 39.0 Å². The van der Waals surface area contributed by atoms with Crippen molar-refractivity contribution < 1.29 is 0 Å². The molecule has 0 bridgehead atoms. The van der Waals surface area contributed by atoms with E-state index in [4.69, 9.17) is 9.97 Å². The Morgan fingerprint density at radius 2 is 1.27 bits per heavy atom. The standard InChI is InChI=1S/C40H23N3S/c1-4-10-30-25(7-1)18-20-37-38(30)32-22-36(43-35-12-6-5-11-33(35)42-40(43)39(32)44-37)26-15-13-24(14-16-26)27-17-19-31-29-9-3-2-8-28(29)23-41-34(31)21-27/h1-23H. The van der Waals surface area contributed by atoms with Crippen molar-refractivity contribution in [1.82, 2.24) is 14.4 Å². The van der Waals surface area contributed by atoms with Crippen LogP contribution in [-0.4, -0.2) is 14.4 Å². The molecule has 0 spiro atoms. The lowest BCUT2D eigenvalue weighted by Gasteiger charge is -2.11. The second-order valence-electron chi connectivity index (χ2n) is 11.4. The summed E-state index contributed by atoms with van der Waals surface area (Å²) in [5, 5.41) is 8.70. The van der Waals surface area contributed by atoms with E-state index in [2.05, 4.69) is 138 Å². The predicted molar refractivity (Wildman–Crippen MR) is 187 cm³/mol. The number of hydrogen-bond donors (Lipinski definition) is 0. The highest BCUT2D eigenvalue weighted by Gasteiger charge is 2.19. The lowest BCUT2D eigenvalue weighted by atomic mass is 9.99. The van der Waals surface area contributed by atoms with Gasteiger partial charge in [0.2, 0.25) is 0 Å². The molecule has 0 saturated heterocycles. The molecule has 0 aliphatic rings. The third kappa shape index (κ3) is 3.37. The van der Waals surface area contributed by atoms with Crippen LogP contribution in [0.5, 0.6) is 0 Å². The number of fused-ring (bicyclic) bond motifs is 12. The summed E-state index contributed by atoms with van der Waals surface area (Å²) in [7, 11) is 0. The van der Waals surface area contributed by atoms with Crippen LogP contribution in [0.25, 0.3) is 91.7 Å². The van der Waals surface area contributed by atoms with E-state index in [1.165, 1.54) is 52.7 Å². The highest BCUT2D eigenvalue weighted by atomic mass is 32.1. The lowest BCUT2D eigenvalue weighted by molar-refractivity contribution is 1.25. The maximum atomic E-state index is 5.19. The van der Waals surface area contributed by atoms with Gasteiger partial charge in [0, 0.05) is 32.4 Å². The van der Waals surface area contributed by atoms with Crippen LogP contribution in [0.15, 0.2) is 140 Å². The molecule has 4 heterocycles. The van der Waals surface area contributed by atoms with Gasteiger partial charge in [-0.15, -0.1) is 11.3 Å². The molecule has 0 fully saturated rings. The Kier molecular flexibility index (Phi) is 4.87. The van der Waals surface area contributed by atoms with Gasteiger partial charge in [0.15, 0.2) is 5.65 Å². The molecular weight excluding hydrogens is 555 g/mol. The Morgan fingerprint density at radius 1 is 0.523 bits per heavy atom. The minimum absolute atomic E-state index is 1.01. The fourth-order valence-corrected chi connectivity index (χ4v) is 8.08. The molecule has 4 aromatic heterocycles. The van der Waals surface area contributed by atoms with Crippen LogP contribution in [-0.2, 0) is 0 Å². The first-order valence-electron chi connectivity index (χ1n) is 14.8. The summed E-state index contributed by atoms with van der Waals surface area (Å²) in [6.07, 6.45) is 1.97. The van der Waals surface area contributed by atoms with Crippen LogP contribution in [0.3, 0.4) is 0 Å². The topological polar surface area (TPSA) is 30.2 Å². The number of benzene rings is 6. The molecule has 3 nitrogen and oxygen atoms in total. The van der Waals surface area contributed by atoms with Crippen LogP contribution in [0, 0.1) is 0 Å². The third-order valence-electron chi connectivity index (χ3n) is 9.01. The van der Waals surface area contributed by atoms with Gasteiger partial charge in [0.05, 0.1) is 26.9 Å². The minimum atomic E-state index is 1.01. The molecule has 44 heavy (non-hydrogen) atoms. The number of aromatic nitrogens is 3. The average molecular weight is 578 g/mol. The number of pyridine rings is 2. The van der Waals surface area contributed by atoms with E-state index in [-0.39, 0.29) is 0 Å². The highest BCUT2D eigenvalue weighted by Crippen LogP contribution is 2.43. The molecule has 0 atom stereocenters. The van der Waals surface area contributed by atoms with Gasteiger partial charge in [-0.1, -0.05) is 103 Å². The zero-order valence-corrected chi connectivity index (χ0v) is 24.3. The predicted octanol–water partition coefficient (Wildman–Crippen LogP) is 11.0. The van der Waals surface area contributed by atoms with Gasteiger partial charge >= 0.3 is 0 Å². The fourth-order valence-electron chi connectivity index (χ4n) is 6.91. The number of nitrogens with zero attached hydrogens (tertiary/aromatic N) is 3. The molecule has 0 unspecified atom stereocenters. The van der Waals surface area contributed by atoms with E-state index in [9.17, 15) is 0 Å².